The van der Waals surface area contributed by atoms with Crippen LogP contribution in [0.15, 0.2) is 35.5 Å². The number of halogens is 1. The largest absolute Gasteiger partial charge is 0.494 e. The molecule has 1 aliphatic heterocycles. The maximum absolute atomic E-state index is 14.0. The van der Waals surface area contributed by atoms with Crippen LogP contribution in [0.25, 0.3) is 11.0 Å². The first-order chi connectivity index (χ1) is 20.3. The van der Waals surface area contributed by atoms with Crippen LogP contribution >= 0.6 is 0 Å². The molecule has 0 radical (unpaired) electrons. The smallest absolute Gasteiger partial charge is 0.280 e. The van der Waals surface area contributed by atoms with Crippen molar-refractivity contribution in [3.63, 3.8) is 0 Å². The van der Waals surface area contributed by atoms with Gasteiger partial charge >= 0.3 is 0 Å². The highest BCUT2D eigenvalue weighted by Crippen LogP contribution is 2.34. The van der Waals surface area contributed by atoms with Crippen molar-refractivity contribution in [3.05, 3.63) is 47.5 Å². The number of hydrogen-bond acceptors (Lipinski definition) is 6. The molecule has 1 saturated heterocycles. The molecular weight excluding hydrogens is 539 g/mol. The summed E-state index contributed by atoms with van der Waals surface area (Å²) in [6.45, 7) is 7.53. The van der Waals surface area contributed by atoms with Crippen molar-refractivity contribution in [2.75, 3.05) is 33.4 Å². The number of aromatic amines is 1. The van der Waals surface area contributed by atoms with E-state index < -0.39 is 11.7 Å². The Bertz CT molecular complexity index is 1470. The Labute approximate surface area is 245 Å². The van der Waals surface area contributed by atoms with Gasteiger partial charge in [-0.25, -0.2) is 9.37 Å². The topological polar surface area (TPSA) is 114 Å². The molecule has 3 aromatic rings. The van der Waals surface area contributed by atoms with Gasteiger partial charge in [-0.05, 0) is 83.7 Å². The monoisotopic (exact) mass is 580 g/mol. The van der Waals surface area contributed by atoms with E-state index in [1.54, 1.807) is 6.20 Å². The van der Waals surface area contributed by atoms with Gasteiger partial charge in [-0.3, -0.25) is 14.5 Å². The lowest BCUT2D eigenvalue weighted by Crippen LogP contribution is -2.38. The van der Waals surface area contributed by atoms with E-state index in [2.05, 4.69) is 25.2 Å². The van der Waals surface area contributed by atoms with Gasteiger partial charge in [0.1, 0.15) is 6.61 Å². The number of nitrogens with one attached hydrogen (secondary N) is 2. The molecule has 1 aliphatic carbocycles. The highest BCUT2D eigenvalue weighted by Gasteiger charge is 2.29. The number of rotatable bonds is 9. The van der Waals surface area contributed by atoms with Gasteiger partial charge in [0.15, 0.2) is 11.6 Å². The second-order valence-electron chi connectivity index (χ2n) is 11.5. The number of carbonyl (C=O) groups excluding carboxylic acids is 2. The molecule has 2 aliphatic rings. The SMILES string of the molecule is COc1cc(C(=O)/N=c2\[nH]c3cnc(OCCN4CCCCC4)cc3n2C2CCC(C(=O)NC(C)C)CC2)ccc1F. The fraction of sp³-hybridized carbons (Fsp3) is 0.548. The average molecular weight is 581 g/mol. The minimum absolute atomic E-state index is 0.0137. The number of benzene rings is 1. The lowest BCUT2D eigenvalue weighted by Gasteiger charge is -2.29. The van der Waals surface area contributed by atoms with Crippen LogP contribution < -0.4 is 20.4 Å². The van der Waals surface area contributed by atoms with E-state index in [0.717, 1.165) is 56.4 Å². The lowest BCUT2D eigenvalue weighted by atomic mass is 9.85. The number of H-pyrrole nitrogens is 1. The first kappa shape index (κ1) is 29.8. The maximum atomic E-state index is 14.0. The van der Waals surface area contributed by atoms with Crippen LogP contribution in [0.5, 0.6) is 11.6 Å². The zero-order valence-corrected chi connectivity index (χ0v) is 24.7. The fourth-order valence-electron chi connectivity index (χ4n) is 5.96. The molecule has 42 heavy (non-hydrogen) atoms. The van der Waals surface area contributed by atoms with E-state index in [4.69, 9.17) is 9.47 Å². The van der Waals surface area contributed by atoms with Crippen molar-refractivity contribution in [1.29, 1.82) is 0 Å². The van der Waals surface area contributed by atoms with E-state index in [0.29, 0.717) is 18.1 Å². The molecule has 1 saturated carbocycles. The molecule has 2 aromatic heterocycles. The highest BCUT2D eigenvalue weighted by molar-refractivity contribution is 5.95. The van der Waals surface area contributed by atoms with Crippen LogP contribution in [-0.4, -0.2) is 70.6 Å². The van der Waals surface area contributed by atoms with Gasteiger partial charge in [0.05, 0.1) is 24.3 Å². The minimum atomic E-state index is -0.549. The standard InChI is InChI=1S/C31H41FN6O4/c1-20(2)34-29(39)21-7-10-23(11-8-21)38-26-18-28(42-16-15-37-13-5-4-6-14-37)33-19-25(26)35-31(38)36-30(40)22-9-12-24(32)27(17-22)41-3/h9,12,17-21,23H,4-8,10-11,13-16H2,1-3H3,(H,34,39)(H,35,36,40). The highest BCUT2D eigenvalue weighted by atomic mass is 19.1. The summed E-state index contributed by atoms with van der Waals surface area (Å²) in [5.74, 6) is -0.534. The Morgan fingerprint density at radius 1 is 1.14 bits per heavy atom. The molecule has 2 fully saturated rings. The van der Waals surface area contributed by atoms with E-state index in [-0.39, 0.29) is 35.2 Å². The van der Waals surface area contributed by atoms with Gasteiger partial charge in [-0.2, -0.15) is 4.99 Å². The average Bonchev–Trinajstić information content (AvgIpc) is 3.34. The van der Waals surface area contributed by atoms with Crippen molar-refractivity contribution < 1.29 is 23.5 Å². The van der Waals surface area contributed by atoms with Crippen LogP contribution in [0, 0.1) is 11.7 Å². The molecule has 5 rings (SSSR count). The predicted molar refractivity (Wildman–Crippen MR) is 157 cm³/mol. The summed E-state index contributed by atoms with van der Waals surface area (Å²) in [5.41, 5.74) is 2.14. The molecule has 0 atom stereocenters. The predicted octanol–water partition coefficient (Wildman–Crippen LogP) is 4.37. The Morgan fingerprint density at radius 2 is 1.90 bits per heavy atom. The Morgan fingerprint density at radius 3 is 2.62 bits per heavy atom. The van der Waals surface area contributed by atoms with Crippen LogP contribution in [-0.2, 0) is 4.79 Å². The summed E-state index contributed by atoms with van der Waals surface area (Å²) in [4.78, 5) is 40.5. The van der Waals surface area contributed by atoms with Crippen molar-refractivity contribution in [1.82, 2.24) is 24.8 Å². The number of amides is 2. The Balaban J connectivity index is 1.43. The second kappa shape index (κ2) is 13.5. The fourth-order valence-corrected chi connectivity index (χ4v) is 5.96. The summed E-state index contributed by atoms with van der Waals surface area (Å²) in [7, 11) is 1.35. The molecule has 0 bridgehead atoms. The molecular formula is C31H41FN6O4. The summed E-state index contributed by atoms with van der Waals surface area (Å²) < 4.78 is 27.1. The van der Waals surface area contributed by atoms with Crippen LogP contribution in [0.1, 0.15) is 75.2 Å². The third-order valence-electron chi connectivity index (χ3n) is 8.17. The molecule has 0 unspecified atom stereocenters. The van der Waals surface area contributed by atoms with Gasteiger partial charge in [0, 0.05) is 36.2 Å². The molecule has 2 N–H and O–H groups in total. The van der Waals surface area contributed by atoms with E-state index in [1.807, 2.05) is 24.5 Å². The van der Waals surface area contributed by atoms with Crippen molar-refractivity contribution in [2.45, 2.75) is 70.9 Å². The number of ether oxygens (including phenoxy) is 2. The number of nitrogens with zero attached hydrogens (tertiary/aromatic N) is 4. The zero-order valence-electron chi connectivity index (χ0n) is 24.7. The molecule has 10 nitrogen and oxygen atoms in total. The number of pyridine rings is 1. The molecule has 226 valence electrons. The third-order valence-corrected chi connectivity index (χ3v) is 8.17. The van der Waals surface area contributed by atoms with Gasteiger partial charge < -0.3 is 24.3 Å². The van der Waals surface area contributed by atoms with Crippen LogP contribution in [0.2, 0.25) is 0 Å². The van der Waals surface area contributed by atoms with Gasteiger partial charge in [0.25, 0.3) is 5.91 Å². The van der Waals surface area contributed by atoms with Gasteiger partial charge in [-0.1, -0.05) is 6.42 Å². The second-order valence-corrected chi connectivity index (χ2v) is 11.5. The van der Waals surface area contributed by atoms with Gasteiger partial charge in [0.2, 0.25) is 17.4 Å². The number of piperidine rings is 1. The first-order valence-corrected chi connectivity index (χ1v) is 15.0. The van der Waals surface area contributed by atoms with E-state index in [1.165, 1.54) is 44.6 Å². The van der Waals surface area contributed by atoms with Crippen molar-refractivity contribution in [3.8, 4) is 11.6 Å². The van der Waals surface area contributed by atoms with E-state index >= 15 is 0 Å². The number of fused-ring (bicyclic) bond motifs is 1. The van der Waals surface area contributed by atoms with Crippen molar-refractivity contribution in [2.24, 2.45) is 10.9 Å². The maximum Gasteiger partial charge on any atom is 0.280 e. The zero-order chi connectivity index (χ0) is 29.6. The number of carbonyl (C=O) groups is 2. The summed E-state index contributed by atoms with van der Waals surface area (Å²) in [6.07, 6.45) is 8.41. The molecule has 2 amide bonds. The number of hydrogen-bond donors (Lipinski definition) is 2. The number of likely N-dealkylation sites (tertiary alicyclic amines) is 1. The molecule has 1 aromatic carbocycles. The van der Waals surface area contributed by atoms with Crippen LogP contribution in [0.4, 0.5) is 4.39 Å². The van der Waals surface area contributed by atoms with Crippen LogP contribution in [0.3, 0.4) is 0 Å². The Hall–Kier alpha value is -3.73. The van der Waals surface area contributed by atoms with Gasteiger partial charge in [-0.15, -0.1) is 0 Å². The lowest BCUT2D eigenvalue weighted by molar-refractivity contribution is -0.126. The first-order valence-electron chi connectivity index (χ1n) is 15.0. The molecule has 11 heteroatoms. The Kier molecular flexibility index (Phi) is 9.56. The number of aromatic nitrogens is 3. The molecule has 0 spiro atoms. The minimum Gasteiger partial charge on any atom is -0.494 e. The van der Waals surface area contributed by atoms with Crippen molar-refractivity contribution >= 4 is 22.8 Å². The summed E-state index contributed by atoms with van der Waals surface area (Å²) in [6, 6.07) is 5.94. The molecule has 3 heterocycles. The number of methoxy groups -OCH3 is 1. The quantitative estimate of drug-likeness (QED) is 0.389. The summed E-state index contributed by atoms with van der Waals surface area (Å²) >= 11 is 0. The normalized spacial score (nSPS) is 20.2. The summed E-state index contributed by atoms with van der Waals surface area (Å²) in [5, 5.41) is 3.03. The number of imidazole rings is 1. The third kappa shape index (κ3) is 7.00. The van der Waals surface area contributed by atoms with E-state index in [9.17, 15) is 14.0 Å².